The standard InChI is InChI=1S/C28H32N4O10/c1-17(2)25(30-23(33)12-13-24(34)35)27(37)31-16-41-15-22(31)26(36)29-21(14-18-6-4-3-5-7-18)28(38)42-20-10-8-19(9-11-20)32(39)40/h3-11,17,21-22,25H,12-16H2,1-2H3,(H,29,36)(H,30,33)(H,34,35)/t21-,22-,25-/m0/s1. The van der Waals surface area contributed by atoms with E-state index in [1.54, 1.807) is 44.2 Å². The van der Waals surface area contributed by atoms with Gasteiger partial charge in [0.25, 0.3) is 5.69 Å². The average Bonchev–Trinajstić information content (AvgIpc) is 3.45. The van der Waals surface area contributed by atoms with Crippen molar-refractivity contribution in [3.63, 3.8) is 0 Å². The number of amides is 3. The third-order valence-corrected chi connectivity index (χ3v) is 6.43. The van der Waals surface area contributed by atoms with E-state index in [0.717, 1.165) is 4.90 Å². The summed E-state index contributed by atoms with van der Waals surface area (Å²) in [7, 11) is 0. The Balaban J connectivity index is 1.75. The molecule has 0 aromatic heterocycles. The van der Waals surface area contributed by atoms with Gasteiger partial charge in [0, 0.05) is 25.0 Å². The molecule has 3 amide bonds. The highest BCUT2D eigenvalue weighted by molar-refractivity contribution is 5.94. The Hall–Kier alpha value is -4.85. The summed E-state index contributed by atoms with van der Waals surface area (Å²) in [5, 5.41) is 24.9. The number of nitrogens with one attached hydrogen (secondary N) is 2. The summed E-state index contributed by atoms with van der Waals surface area (Å²) in [5.74, 6) is -4.25. The predicted molar refractivity (Wildman–Crippen MR) is 146 cm³/mol. The molecule has 0 saturated carbocycles. The number of carbonyl (C=O) groups excluding carboxylic acids is 4. The van der Waals surface area contributed by atoms with E-state index in [1.807, 2.05) is 0 Å². The molecule has 1 aliphatic heterocycles. The molecule has 3 atom stereocenters. The highest BCUT2D eigenvalue weighted by Crippen LogP contribution is 2.19. The van der Waals surface area contributed by atoms with E-state index in [0.29, 0.717) is 5.56 Å². The molecule has 14 nitrogen and oxygen atoms in total. The van der Waals surface area contributed by atoms with E-state index >= 15 is 0 Å². The zero-order valence-corrected chi connectivity index (χ0v) is 23.1. The van der Waals surface area contributed by atoms with Crippen molar-refractivity contribution in [1.29, 1.82) is 0 Å². The summed E-state index contributed by atoms with van der Waals surface area (Å²) >= 11 is 0. The Labute approximate surface area is 241 Å². The molecule has 42 heavy (non-hydrogen) atoms. The van der Waals surface area contributed by atoms with Crippen LogP contribution in [0.1, 0.15) is 32.3 Å². The Kier molecular flexibility index (Phi) is 11.1. The predicted octanol–water partition coefficient (Wildman–Crippen LogP) is 1.42. The molecule has 0 radical (unpaired) electrons. The molecule has 224 valence electrons. The normalized spacial score (nSPS) is 15.9. The van der Waals surface area contributed by atoms with Gasteiger partial charge in [-0.05, 0) is 23.6 Å². The first-order chi connectivity index (χ1) is 20.0. The lowest BCUT2D eigenvalue weighted by atomic mass is 10.0. The lowest BCUT2D eigenvalue weighted by Crippen LogP contribution is -2.57. The van der Waals surface area contributed by atoms with Crippen LogP contribution in [0.25, 0.3) is 0 Å². The Morgan fingerprint density at radius 3 is 2.31 bits per heavy atom. The van der Waals surface area contributed by atoms with Gasteiger partial charge in [0.15, 0.2) is 0 Å². The van der Waals surface area contributed by atoms with Crippen molar-refractivity contribution in [2.24, 2.45) is 5.92 Å². The number of nitrogens with zero attached hydrogens (tertiary/aromatic N) is 2. The highest BCUT2D eigenvalue weighted by atomic mass is 16.6. The number of ether oxygens (including phenoxy) is 2. The number of benzene rings is 2. The molecular formula is C28H32N4O10. The van der Waals surface area contributed by atoms with Gasteiger partial charge in [-0.15, -0.1) is 0 Å². The molecule has 2 aromatic rings. The van der Waals surface area contributed by atoms with E-state index in [9.17, 15) is 34.1 Å². The number of hydrogen-bond acceptors (Lipinski definition) is 9. The molecule has 3 rings (SSSR count). The molecule has 1 heterocycles. The molecule has 0 spiro atoms. The van der Waals surface area contributed by atoms with Crippen molar-refractivity contribution in [2.45, 2.75) is 51.2 Å². The van der Waals surface area contributed by atoms with Gasteiger partial charge in [-0.3, -0.25) is 29.3 Å². The molecule has 1 fully saturated rings. The van der Waals surface area contributed by atoms with Crippen LogP contribution in [0, 0.1) is 16.0 Å². The van der Waals surface area contributed by atoms with Crippen LogP contribution >= 0.6 is 0 Å². The quantitative estimate of drug-likeness (QED) is 0.134. The number of carbonyl (C=O) groups is 5. The summed E-state index contributed by atoms with van der Waals surface area (Å²) in [5.41, 5.74) is 0.524. The summed E-state index contributed by atoms with van der Waals surface area (Å²) in [6, 6.07) is 10.3. The summed E-state index contributed by atoms with van der Waals surface area (Å²) in [6.07, 6.45) is -0.667. The topological polar surface area (TPSA) is 194 Å². The average molecular weight is 585 g/mol. The zero-order valence-electron chi connectivity index (χ0n) is 23.1. The van der Waals surface area contributed by atoms with Gasteiger partial charge >= 0.3 is 11.9 Å². The maximum Gasteiger partial charge on any atom is 0.334 e. The minimum atomic E-state index is -1.19. The van der Waals surface area contributed by atoms with Crippen LogP contribution in [-0.2, 0) is 35.1 Å². The van der Waals surface area contributed by atoms with E-state index in [2.05, 4.69) is 10.6 Å². The molecule has 0 bridgehead atoms. The van der Waals surface area contributed by atoms with Crippen LogP contribution in [0.3, 0.4) is 0 Å². The maximum absolute atomic E-state index is 13.4. The number of rotatable bonds is 13. The van der Waals surface area contributed by atoms with Gasteiger partial charge < -0.3 is 30.1 Å². The molecule has 1 saturated heterocycles. The number of esters is 1. The number of nitro groups is 1. The number of carboxylic acid groups (broad SMARTS) is 1. The van der Waals surface area contributed by atoms with Gasteiger partial charge in [0.2, 0.25) is 17.7 Å². The fourth-order valence-corrected chi connectivity index (χ4v) is 4.17. The number of nitro benzene ring substituents is 1. The van der Waals surface area contributed by atoms with Crippen molar-refractivity contribution in [1.82, 2.24) is 15.5 Å². The monoisotopic (exact) mass is 584 g/mol. The van der Waals surface area contributed by atoms with E-state index in [1.165, 1.54) is 24.3 Å². The minimum Gasteiger partial charge on any atom is -0.481 e. The number of carboxylic acids is 1. The summed E-state index contributed by atoms with van der Waals surface area (Å²) in [6.45, 7) is 2.98. The van der Waals surface area contributed by atoms with Crippen molar-refractivity contribution in [2.75, 3.05) is 13.3 Å². The van der Waals surface area contributed by atoms with Crippen LogP contribution in [0.4, 0.5) is 5.69 Å². The second kappa shape index (κ2) is 14.7. The van der Waals surface area contributed by atoms with E-state index in [4.69, 9.17) is 14.6 Å². The Bertz CT molecular complexity index is 1300. The molecule has 14 heteroatoms. The molecule has 1 aliphatic rings. The highest BCUT2D eigenvalue weighted by Gasteiger charge is 2.40. The van der Waals surface area contributed by atoms with Crippen molar-refractivity contribution in [3.8, 4) is 5.75 Å². The van der Waals surface area contributed by atoms with Gasteiger partial charge in [-0.25, -0.2) is 4.79 Å². The summed E-state index contributed by atoms with van der Waals surface area (Å²) in [4.78, 5) is 74.5. The molecular weight excluding hydrogens is 552 g/mol. The number of aliphatic carboxylic acids is 1. The fourth-order valence-electron chi connectivity index (χ4n) is 4.17. The fraction of sp³-hybridized carbons (Fsp3) is 0.393. The SMILES string of the molecule is CC(C)[C@H](NC(=O)CCC(=O)O)C(=O)N1COC[C@H]1C(=O)N[C@@H](Cc1ccccc1)C(=O)Oc1ccc([N+](=O)[O-])cc1. The Morgan fingerprint density at radius 1 is 1.05 bits per heavy atom. The van der Waals surface area contributed by atoms with Crippen LogP contribution < -0.4 is 15.4 Å². The first-order valence-electron chi connectivity index (χ1n) is 13.2. The zero-order chi connectivity index (χ0) is 30.8. The molecule has 2 aromatic carbocycles. The lowest BCUT2D eigenvalue weighted by molar-refractivity contribution is -0.384. The lowest BCUT2D eigenvalue weighted by Gasteiger charge is -2.30. The minimum absolute atomic E-state index is 0.0392. The third-order valence-electron chi connectivity index (χ3n) is 6.43. The van der Waals surface area contributed by atoms with Crippen LogP contribution in [0.2, 0.25) is 0 Å². The molecule has 0 unspecified atom stereocenters. The van der Waals surface area contributed by atoms with Gasteiger partial charge in [0.05, 0.1) is 18.0 Å². The van der Waals surface area contributed by atoms with Gasteiger partial charge in [-0.1, -0.05) is 44.2 Å². The van der Waals surface area contributed by atoms with Gasteiger partial charge in [-0.2, -0.15) is 0 Å². The second-order valence-corrected chi connectivity index (χ2v) is 9.93. The largest absolute Gasteiger partial charge is 0.481 e. The molecule has 3 N–H and O–H groups in total. The first-order valence-corrected chi connectivity index (χ1v) is 13.2. The number of non-ortho nitro benzene ring substituents is 1. The van der Waals surface area contributed by atoms with Crippen molar-refractivity contribution in [3.05, 3.63) is 70.3 Å². The van der Waals surface area contributed by atoms with Crippen molar-refractivity contribution >= 4 is 35.3 Å². The first kappa shape index (κ1) is 31.7. The maximum atomic E-state index is 13.4. The third kappa shape index (κ3) is 8.83. The van der Waals surface area contributed by atoms with E-state index < -0.39 is 65.0 Å². The van der Waals surface area contributed by atoms with Crippen LogP contribution in [-0.4, -0.2) is 76.1 Å². The number of hydrogen-bond donors (Lipinski definition) is 3. The summed E-state index contributed by atoms with van der Waals surface area (Å²) < 4.78 is 10.8. The van der Waals surface area contributed by atoms with Crippen molar-refractivity contribution < 1.29 is 43.5 Å². The van der Waals surface area contributed by atoms with Crippen LogP contribution in [0.5, 0.6) is 5.75 Å². The molecule has 0 aliphatic carbocycles. The second-order valence-electron chi connectivity index (χ2n) is 9.93. The Morgan fingerprint density at radius 2 is 1.71 bits per heavy atom. The smallest absolute Gasteiger partial charge is 0.334 e. The van der Waals surface area contributed by atoms with Crippen LogP contribution in [0.15, 0.2) is 54.6 Å². The van der Waals surface area contributed by atoms with Gasteiger partial charge in [0.1, 0.15) is 30.6 Å². The van der Waals surface area contributed by atoms with E-state index in [-0.39, 0.29) is 37.6 Å².